The normalized spacial score (nSPS) is 15.7. The third kappa shape index (κ3) is 3.11. The van der Waals surface area contributed by atoms with Crippen molar-refractivity contribution in [2.45, 2.75) is 17.7 Å². The van der Waals surface area contributed by atoms with E-state index >= 15 is 0 Å². The Kier molecular flexibility index (Phi) is 4.14. The van der Waals surface area contributed by atoms with Gasteiger partial charge in [-0.05, 0) is 37.1 Å². The molecule has 0 unspecified atom stereocenters. The summed E-state index contributed by atoms with van der Waals surface area (Å²) >= 11 is 0. The molecule has 0 amide bonds. The maximum atomic E-state index is 12.6. The monoisotopic (exact) mass is 332 g/mol. The predicted molar refractivity (Wildman–Crippen MR) is 84.6 cm³/mol. The molecule has 6 nitrogen and oxygen atoms in total. The minimum atomic E-state index is -3.51. The summed E-state index contributed by atoms with van der Waals surface area (Å²) in [5, 5.41) is 9.02. The minimum absolute atomic E-state index is 0.0738. The van der Waals surface area contributed by atoms with E-state index in [1.165, 1.54) is 10.4 Å². The van der Waals surface area contributed by atoms with Crippen LogP contribution in [0.25, 0.3) is 11.3 Å². The van der Waals surface area contributed by atoms with Gasteiger partial charge in [-0.15, -0.1) is 0 Å². The van der Waals surface area contributed by atoms with Gasteiger partial charge < -0.3 is 5.11 Å². The molecule has 0 atom stereocenters. The van der Waals surface area contributed by atoms with E-state index in [2.05, 4.69) is 4.98 Å². The maximum absolute atomic E-state index is 12.6. The molecule has 1 aliphatic heterocycles. The van der Waals surface area contributed by atoms with Crippen molar-refractivity contribution >= 4 is 16.0 Å². The van der Waals surface area contributed by atoms with Gasteiger partial charge in [-0.1, -0.05) is 18.2 Å². The van der Waals surface area contributed by atoms with E-state index in [0.717, 1.165) is 12.8 Å². The van der Waals surface area contributed by atoms with E-state index in [1.54, 1.807) is 36.4 Å². The van der Waals surface area contributed by atoms with Crippen molar-refractivity contribution in [1.29, 1.82) is 0 Å². The molecule has 3 rings (SSSR count). The zero-order valence-electron chi connectivity index (χ0n) is 12.3. The lowest BCUT2D eigenvalue weighted by molar-refractivity contribution is 0.0690. The fraction of sp³-hybridized carbons (Fsp3) is 0.250. The van der Waals surface area contributed by atoms with Gasteiger partial charge in [0.05, 0.1) is 10.6 Å². The average molecular weight is 332 g/mol. The van der Waals surface area contributed by atoms with Crippen molar-refractivity contribution in [2.75, 3.05) is 13.1 Å². The Labute approximate surface area is 134 Å². The molecule has 2 heterocycles. The highest BCUT2D eigenvalue weighted by Gasteiger charge is 2.27. The van der Waals surface area contributed by atoms with E-state index < -0.39 is 16.0 Å². The van der Waals surface area contributed by atoms with Crippen molar-refractivity contribution in [2.24, 2.45) is 0 Å². The van der Waals surface area contributed by atoms with E-state index in [9.17, 15) is 13.2 Å². The molecule has 0 aliphatic carbocycles. The molecule has 1 saturated heterocycles. The third-order valence-electron chi connectivity index (χ3n) is 3.80. The molecule has 1 aromatic heterocycles. The summed E-state index contributed by atoms with van der Waals surface area (Å²) in [6.45, 7) is 1.08. The summed E-state index contributed by atoms with van der Waals surface area (Å²) in [4.78, 5) is 15.3. The van der Waals surface area contributed by atoms with Crippen LogP contribution >= 0.6 is 0 Å². The van der Waals surface area contributed by atoms with Crippen molar-refractivity contribution in [3.63, 3.8) is 0 Å². The van der Waals surface area contributed by atoms with Gasteiger partial charge in [0.15, 0.2) is 0 Å². The Morgan fingerprint density at radius 3 is 2.48 bits per heavy atom. The molecule has 1 N–H and O–H groups in total. The number of aromatic nitrogens is 1. The van der Waals surface area contributed by atoms with Gasteiger partial charge in [-0.25, -0.2) is 18.2 Å². The second-order valence-electron chi connectivity index (χ2n) is 5.35. The lowest BCUT2D eigenvalue weighted by Gasteiger charge is -2.16. The Balaban J connectivity index is 2.00. The molecule has 7 heteroatoms. The first-order chi connectivity index (χ1) is 11.0. The second kappa shape index (κ2) is 6.10. The lowest BCUT2D eigenvalue weighted by atomic mass is 10.1. The lowest BCUT2D eigenvalue weighted by Crippen LogP contribution is -2.27. The molecule has 120 valence electrons. The van der Waals surface area contributed by atoms with E-state index in [1.807, 2.05) is 0 Å². The fourth-order valence-electron chi connectivity index (χ4n) is 2.61. The van der Waals surface area contributed by atoms with Crippen LogP contribution in [0.5, 0.6) is 0 Å². The Bertz CT molecular complexity index is 843. The molecule has 0 bridgehead atoms. The van der Waals surface area contributed by atoms with Crippen LogP contribution in [-0.2, 0) is 10.0 Å². The number of pyridine rings is 1. The molecule has 1 aliphatic rings. The van der Waals surface area contributed by atoms with E-state index in [4.69, 9.17) is 5.11 Å². The number of benzene rings is 1. The van der Waals surface area contributed by atoms with Crippen LogP contribution in [0.4, 0.5) is 0 Å². The number of hydrogen-bond donors (Lipinski definition) is 1. The molecule has 1 aromatic carbocycles. The quantitative estimate of drug-likeness (QED) is 0.927. The molecule has 23 heavy (non-hydrogen) atoms. The number of sulfonamides is 1. The molecule has 0 radical (unpaired) electrons. The zero-order chi connectivity index (χ0) is 16.4. The van der Waals surface area contributed by atoms with Crippen LogP contribution in [0.15, 0.2) is 47.4 Å². The number of hydrogen-bond acceptors (Lipinski definition) is 4. The standard InChI is InChI=1S/C16H16N2O4S/c19-16(20)15-8-4-7-14(17-15)12-5-3-6-13(11-12)23(21,22)18-9-1-2-10-18/h3-8,11H,1-2,9-10H2,(H,19,20). The molecule has 2 aromatic rings. The van der Waals surface area contributed by atoms with Crippen LogP contribution < -0.4 is 0 Å². The Morgan fingerprint density at radius 2 is 1.78 bits per heavy atom. The SMILES string of the molecule is O=C(O)c1cccc(-c2cccc(S(=O)(=O)N3CCCC3)c2)n1. The summed E-state index contributed by atoms with van der Waals surface area (Å²) in [6, 6.07) is 11.1. The van der Waals surface area contributed by atoms with Crippen molar-refractivity contribution in [3.8, 4) is 11.3 Å². The van der Waals surface area contributed by atoms with Crippen molar-refractivity contribution in [1.82, 2.24) is 9.29 Å². The van der Waals surface area contributed by atoms with Gasteiger partial charge in [0.25, 0.3) is 0 Å². The van der Waals surface area contributed by atoms with Gasteiger partial charge in [0.1, 0.15) is 5.69 Å². The zero-order valence-corrected chi connectivity index (χ0v) is 13.2. The highest BCUT2D eigenvalue weighted by atomic mass is 32.2. The second-order valence-corrected chi connectivity index (χ2v) is 7.29. The van der Waals surface area contributed by atoms with Crippen LogP contribution in [0.1, 0.15) is 23.3 Å². The highest BCUT2D eigenvalue weighted by molar-refractivity contribution is 7.89. The van der Waals surface area contributed by atoms with Crippen LogP contribution in [0.3, 0.4) is 0 Å². The summed E-state index contributed by atoms with van der Waals surface area (Å²) in [5.41, 5.74) is 0.937. The summed E-state index contributed by atoms with van der Waals surface area (Å²) in [7, 11) is -3.51. The van der Waals surface area contributed by atoms with E-state index in [0.29, 0.717) is 24.3 Å². The third-order valence-corrected chi connectivity index (χ3v) is 5.70. The van der Waals surface area contributed by atoms with Crippen molar-refractivity contribution < 1.29 is 18.3 Å². The summed E-state index contributed by atoms with van der Waals surface area (Å²) < 4.78 is 26.7. The van der Waals surface area contributed by atoms with Gasteiger partial charge in [0, 0.05) is 18.7 Å². The predicted octanol–water partition coefficient (Wildman–Crippen LogP) is 2.23. The number of carboxylic acid groups (broad SMARTS) is 1. The number of carboxylic acids is 1. The number of rotatable bonds is 4. The Hall–Kier alpha value is -2.25. The van der Waals surface area contributed by atoms with Gasteiger partial charge in [-0.2, -0.15) is 4.31 Å². The molecule has 0 saturated carbocycles. The summed E-state index contributed by atoms with van der Waals surface area (Å²) in [5.74, 6) is -1.12. The van der Waals surface area contributed by atoms with Crippen molar-refractivity contribution in [3.05, 3.63) is 48.2 Å². The summed E-state index contributed by atoms with van der Waals surface area (Å²) in [6.07, 6.45) is 1.75. The number of carbonyl (C=O) groups is 1. The molecular weight excluding hydrogens is 316 g/mol. The van der Waals surface area contributed by atoms with Gasteiger partial charge >= 0.3 is 5.97 Å². The topological polar surface area (TPSA) is 87.6 Å². The molecular formula is C16H16N2O4S. The van der Waals surface area contributed by atoms with E-state index in [-0.39, 0.29) is 10.6 Å². The van der Waals surface area contributed by atoms with Crippen LogP contribution in [0.2, 0.25) is 0 Å². The average Bonchev–Trinajstić information content (AvgIpc) is 3.10. The smallest absolute Gasteiger partial charge is 0.354 e. The fourth-order valence-corrected chi connectivity index (χ4v) is 4.17. The van der Waals surface area contributed by atoms with Gasteiger partial charge in [0.2, 0.25) is 10.0 Å². The first kappa shape index (κ1) is 15.6. The van der Waals surface area contributed by atoms with Gasteiger partial charge in [-0.3, -0.25) is 0 Å². The maximum Gasteiger partial charge on any atom is 0.354 e. The number of aromatic carboxylic acids is 1. The minimum Gasteiger partial charge on any atom is -0.477 e. The first-order valence-electron chi connectivity index (χ1n) is 7.29. The van der Waals surface area contributed by atoms with Crippen LogP contribution in [-0.4, -0.2) is 41.9 Å². The largest absolute Gasteiger partial charge is 0.477 e. The highest BCUT2D eigenvalue weighted by Crippen LogP contribution is 2.25. The first-order valence-corrected chi connectivity index (χ1v) is 8.73. The molecule has 1 fully saturated rings. The van der Waals surface area contributed by atoms with Crippen LogP contribution in [0, 0.1) is 0 Å². The number of nitrogens with zero attached hydrogens (tertiary/aromatic N) is 2. The molecule has 0 spiro atoms. The Morgan fingerprint density at radius 1 is 1.09 bits per heavy atom.